The number of hydrogen-bond acceptors (Lipinski definition) is 5. The predicted octanol–water partition coefficient (Wildman–Crippen LogP) is 6.65. The van der Waals surface area contributed by atoms with Gasteiger partial charge in [0.2, 0.25) is 11.8 Å². The van der Waals surface area contributed by atoms with E-state index in [1.165, 1.54) is 29.2 Å². The van der Waals surface area contributed by atoms with Gasteiger partial charge in [0.15, 0.2) is 0 Å². The molecule has 0 aromatic heterocycles. The molecule has 2 amide bonds. The molecule has 0 fully saturated rings. The third-order valence-corrected chi connectivity index (χ3v) is 9.55. The molecule has 0 bridgehead atoms. The van der Waals surface area contributed by atoms with Crippen LogP contribution in [0.2, 0.25) is 5.02 Å². The van der Waals surface area contributed by atoms with Gasteiger partial charge in [-0.2, -0.15) is 0 Å². The second-order valence-corrected chi connectivity index (χ2v) is 14.0. The minimum atomic E-state index is -4.24. The zero-order chi connectivity index (χ0) is 34.0. The number of aryl methyl sites for hydroxylation is 1. The molecule has 1 atom stereocenters. The van der Waals surface area contributed by atoms with Crippen molar-refractivity contribution < 1.29 is 22.7 Å². The lowest BCUT2D eigenvalue weighted by molar-refractivity contribution is -0.140. The molecule has 0 unspecified atom stereocenters. The van der Waals surface area contributed by atoms with Crippen LogP contribution >= 0.6 is 11.6 Å². The fourth-order valence-corrected chi connectivity index (χ4v) is 6.66. The molecular weight excluding hydrogens is 634 g/mol. The van der Waals surface area contributed by atoms with Crippen LogP contribution in [-0.2, 0) is 32.6 Å². The molecule has 0 aliphatic carbocycles. The van der Waals surface area contributed by atoms with Crippen LogP contribution in [0.1, 0.15) is 37.5 Å². The van der Waals surface area contributed by atoms with Gasteiger partial charge < -0.3 is 15.0 Å². The van der Waals surface area contributed by atoms with Crippen LogP contribution in [0.4, 0.5) is 5.69 Å². The quantitative estimate of drug-likeness (QED) is 0.152. The monoisotopic (exact) mass is 675 g/mol. The first-order chi connectivity index (χ1) is 22.5. The van der Waals surface area contributed by atoms with Crippen molar-refractivity contribution in [3.63, 3.8) is 0 Å². The Morgan fingerprint density at radius 3 is 2.15 bits per heavy atom. The highest BCUT2D eigenvalue weighted by Gasteiger charge is 2.34. The minimum Gasteiger partial charge on any atom is -0.494 e. The van der Waals surface area contributed by atoms with Crippen molar-refractivity contribution in [2.75, 3.05) is 24.0 Å². The average molecular weight is 676 g/mol. The van der Waals surface area contributed by atoms with Crippen molar-refractivity contribution in [3.8, 4) is 5.75 Å². The van der Waals surface area contributed by atoms with Gasteiger partial charge in [0.05, 0.1) is 17.2 Å². The number of benzene rings is 4. The molecule has 4 aromatic rings. The average Bonchev–Trinajstić information content (AvgIpc) is 3.05. The molecule has 0 heterocycles. The zero-order valence-electron chi connectivity index (χ0n) is 27.2. The summed E-state index contributed by atoms with van der Waals surface area (Å²) >= 11 is 6.07. The molecule has 4 rings (SSSR count). The van der Waals surface area contributed by atoms with E-state index in [0.717, 1.165) is 21.0 Å². The Bertz CT molecular complexity index is 1730. The largest absolute Gasteiger partial charge is 0.494 e. The topological polar surface area (TPSA) is 96.0 Å². The van der Waals surface area contributed by atoms with E-state index in [4.69, 9.17) is 16.3 Å². The molecule has 0 aliphatic heterocycles. The minimum absolute atomic E-state index is 0.0238. The third-order valence-electron chi connectivity index (χ3n) is 7.51. The number of nitrogens with zero attached hydrogens (tertiary/aromatic N) is 2. The Kier molecular flexibility index (Phi) is 12.4. The maximum absolute atomic E-state index is 14.6. The lowest BCUT2D eigenvalue weighted by Gasteiger charge is -2.34. The second kappa shape index (κ2) is 16.5. The van der Waals surface area contributed by atoms with E-state index in [9.17, 15) is 18.0 Å². The lowest BCUT2D eigenvalue weighted by atomic mass is 10.0. The van der Waals surface area contributed by atoms with E-state index >= 15 is 0 Å². The molecule has 8 nitrogen and oxygen atoms in total. The smallest absolute Gasteiger partial charge is 0.264 e. The molecule has 0 spiro atoms. The number of nitrogens with one attached hydrogen (secondary N) is 1. The van der Waals surface area contributed by atoms with Gasteiger partial charge in [-0.3, -0.25) is 13.9 Å². The van der Waals surface area contributed by atoms with Gasteiger partial charge in [-0.1, -0.05) is 85.6 Å². The van der Waals surface area contributed by atoms with Crippen molar-refractivity contribution in [1.82, 2.24) is 10.2 Å². The summed E-state index contributed by atoms with van der Waals surface area (Å²) in [7, 11) is -4.24. The Morgan fingerprint density at radius 1 is 0.872 bits per heavy atom. The second-order valence-electron chi connectivity index (χ2n) is 11.7. The van der Waals surface area contributed by atoms with Crippen molar-refractivity contribution in [2.24, 2.45) is 5.92 Å². The number of halogens is 1. The maximum Gasteiger partial charge on any atom is 0.264 e. The molecule has 0 aliphatic rings. The normalized spacial score (nSPS) is 12.0. The fourth-order valence-electron chi connectivity index (χ4n) is 5.12. The highest BCUT2D eigenvalue weighted by Crippen LogP contribution is 2.28. The van der Waals surface area contributed by atoms with Gasteiger partial charge in [0, 0.05) is 24.5 Å². The van der Waals surface area contributed by atoms with Crippen LogP contribution in [-0.4, -0.2) is 50.9 Å². The summed E-state index contributed by atoms with van der Waals surface area (Å²) < 4.78 is 35.0. The van der Waals surface area contributed by atoms with Gasteiger partial charge in [0.25, 0.3) is 10.0 Å². The third kappa shape index (κ3) is 9.83. The number of rotatable bonds is 15. The van der Waals surface area contributed by atoms with Crippen molar-refractivity contribution in [1.29, 1.82) is 0 Å². The van der Waals surface area contributed by atoms with Crippen LogP contribution in [0.15, 0.2) is 108 Å². The van der Waals surface area contributed by atoms with E-state index in [1.807, 2.05) is 82.3 Å². The SMILES string of the molecule is CCOc1ccc(N(CC(=O)N(Cc2cccc(C)c2)[C@@H](Cc2ccccc2)C(=O)NCC(C)C)S(=O)(=O)c2ccc(Cl)cc2)cc1. The first-order valence-electron chi connectivity index (χ1n) is 15.7. The van der Waals surface area contributed by atoms with E-state index in [2.05, 4.69) is 5.32 Å². The highest BCUT2D eigenvalue weighted by atomic mass is 35.5. The molecule has 0 saturated carbocycles. The molecule has 4 aromatic carbocycles. The van der Waals surface area contributed by atoms with Gasteiger partial charge in [-0.05, 0) is 79.4 Å². The number of amides is 2. The van der Waals surface area contributed by atoms with E-state index < -0.39 is 28.5 Å². The van der Waals surface area contributed by atoms with Crippen LogP contribution < -0.4 is 14.4 Å². The number of carbonyl (C=O) groups is 2. The van der Waals surface area contributed by atoms with Gasteiger partial charge in [0.1, 0.15) is 18.3 Å². The Hall–Kier alpha value is -4.34. The van der Waals surface area contributed by atoms with Crippen molar-refractivity contribution in [2.45, 2.75) is 51.6 Å². The number of ether oxygens (including phenoxy) is 1. The molecule has 0 saturated heterocycles. The summed E-state index contributed by atoms with van der Waals surface area (Å²) in [5, 5.41) is 3.39. The zero-order valence-corrected chi connectivity index (χ0v) is 28.8. The Balaban J connectivity index is 1.80. The maximum atomic E-state index is 14.6. The first-order valence-corrected chi connectivity index (χ1v) is 17.5. The van der Waals surface area contributed by atoms with Gasteiger partial charge in [-0.15, -0.1) is 0 Å². The molecule has 0 radical (unpaired) electrons. The molecule has 248 valence electrons. The number of anilines is 1. The number of carbonyl (C=O) groups excluding carboxylic acids is 2. The highest BCUT2D eigenvalue weighted by molar-refractivity contribution is 7.92. The standard InChI is InChI=1S/C37H42ClN3O5S/c1-5-46-33-18-16-32(17-19-33)41(47(44,45)34-20-14-31(38)15-21-34)26-36(42)40(25-30-13-9-10-28(4)22-30)35(37(43)39-24-27(2)3)23-29-11-7-6-8-12-29/h6-22,27,35H,5,23-26H2,1-4H3,(H,39,43)/t35-/m0/s1. The van der Waals surface area contributed by atoms with Crippen LogP contribution in [0.5, 0.6) is 5.75 Å². The van der Waals surface area contributed by atoms with Gasteiger partial charge in [-0.25, -0.2) is 8.42 Å². The van der Waals surface area contributed by atoms with Crippen LogP contribution in [0.25, 0.3) is 0 Å². The summed E-state index contributed by atoms with van der Waals surface area (Å²) in [6, 6.07) is 28.6. The summed E-state index contributed by atoms with van der Waals surface area (Å²) in [6.45, 7) is 8.24. The lowest BCUT2D eigenvalue weighted by Crippen LogP contribution is -2.53. The van der Waals surface area contributed by atoms with Crippen molar-refractivity contribution in [3.05, 3.63) is 125 Å². The number of sulfonamides is 1. The number of hydrogen-bond donors (Lipinski definition) is 1. The van der Waals surface area contributed by atoms with E-state index in [1.54, 1.807) is 24.3 Å². The predicted molar refractivity (Wildman–Crippen MR) is 187 cm³/mol. The Labute approximate surface area is 283 Å². The van der Waals surface area contributed by atoms with Crippen LogP contribution in [0.3, 0.4) is 0 Å². The molecule has 1 N–H and O–H groups in total. The van der Waals surface area contributed by atoms with E-state index in [0.29, 0.717) is 23.9 Å². The molecule has 47 heavy (non-hydrogen) atoms. The summed E-state index contributed by atoms with van der Waals surface area (Å²) in [4.78, 5) is 30.0. The summed E-state index contributed by atoms with van der Waals surface area (Å²) in [5.41, 5.74) is 2.97. The Morgan fingerprint density at radius 2 is 1.53 bits per heavy atom. The van der Waals surface area contributed by atoms with Crippen molar-refractivity contribution >= 4 is 39.1 Å². The fraction of sp³-hybridized carbons (Fsp3) is 0.297. The summed E-state index contributed by atoms with van der Waals surface area (Å²) in [6.07, 6.45) is 0.245. The van der Waals surface area contributed by atoms with Gasteiger partial charge >= 0.3 is 0 Å². The first kappa shape index (κ1) is 35.5. The van der Waals surface area contributed by atoms with Crippen LogP contribution in [0, 0.1) is 12.8 Å². The molecular formula is C37H42ClN3O5S. The molecule has 10 heteroatoms. The summed E-state index contributed by atoms with van der Waals surface area (Å²) in [5.74, 6) is -0.0792. The van der Waals surface area contributed by atoms with E-state index in [-0.39, 0.29) is 35.4 Å².